The van der Waals surface area contributed by atoms with E-state index in [9.17, 15) is 10.1 Å². The van der Waals surface area contributed by atoms with Crippen molar-refractivity contribution in [1.29, 1.82) is 0 Å². The van der Waals surface area contributed by atoms with E-state index in [0.717, 1.165) is 0 Å². The van der Waals surface area contributed by atoms with Gasteiger partial charge in [-0.3, -0.25) is 10.1 Å². The summed E-state index contributed by atoms with van der Waals surface area (Å²) in [4.78, 5) is 14.0. The average Bonchev–Trinajstić information content (AvgIpc) is 2.21. The summed E-state index contributed by atoms with van der Waals surface area (Å²) < 4.78 is 5.61. The molecule has 0 aliphatic rings. The number of methoxy groups -OCH3 is 1. The summed E-state index contributed by atoms with van der Waals surface area (Å²) in [7, 11) is 1.49. The molecule has 0 saturated carbocycles. The highest BCUT2D eigenvalue weighted by Crippen LogP contribution is 2.20. The maximum Gasteiger partial charge on any atom is 0.245 e. The van der Waals surface area contributed by atoms with E-state index in [1.165, 1.54) is 20.1 Å². The van der Waals surface area contributed by atoms with Gasteiger partial charge in [-0.25, -0.2) is 4.98 Å². The minimum Gasteiger partial charge on any atom is -0.481 e. The number of nitrogens with zero attached hydrogens (tertiary/aromatic N) is 2. The molecule has 6 heteroatoms. The first kappa shape index (κ1) is 11.6. The van der Waals surface area contributed by atoms with Crippen molar-refractivity contribution in [3.05, 3.63) is 38.1 Å². The molecule has 0 aromatic carbocycles. The van der Waals surface area contributed by atoms with Gasteiger partial charge in [-0.05, 0) is 22.0 Å². The first-order valence-corrected chi connectivity index (χ1v) is 4.87. The molecular formula is C9H9BrN2O3. The van der Waals surface area contributed by atoms with Gasteiger partial charge in [-0.2, -0.15) is 0 Å². The zero-order valence-electron chi connectivity index (χ0n) is 8.23. The molecule has 0 aliphatic heterocycles. The first-order valence-electron chi connectivity index (χ1n) is 4.08. The molecule has 0 atom stereocenters. The van der Waals surface area contributed by atoms with Crippen molar-refractivity contribution < 1.29 is 9.66 Å². The van der Waals surface area contributed by atoms with E-state index >= 15 is 0 Å². The molecular weight excluding hydrogens is 264 g/mol. The van der Waals surface area contributed by atoms with E-state index in [4.69, 9.17) is 4.74 Å². The SMILES string of the molecule is COc1ccc(Br)c(/C=C(/C)[N+](=O)[O-])n1. The maximum atomic E-state index is 10.4. The Bertz CT molecular complexity index is 418. The third-order valence-corrected chi connectivity index (χ3v) is 2.36. The lowest BCUT2D eigenvalue weighted by molar-refractivity contribution is -0.422. The summed E-state index contributed by atoms with van der Waals surface area (Å²) in [5.41, 5.74) is 0.500. The molecule has 1 aromatic rings. The number of ether oxygens (including phenoxy) is 1. The van der Waals surface area contributed by atoms with Gasteiger partial charge < -0.3 is 4.74 Å². The summed E-state index contributed by atoms with van der Waals surface area (Å²) in [5.74, 6) is 0.417. The van der Waals surface area contributed by atoms with Gasteiger partial charge in [-0.15, -0.1) is 0 Å². The van der Waals surface area contributed by atoms with E-state index in [0.29, 0.717) is 16.0 Å². The number of rotatable bonds is 3. The fourth-order valence-electron chi connectivity index (χ4n) is 0.905. The Balaban J connectivity index is 3.13. The summed E-state index contributed by atoms with van der Waals surface area (Å²) in [5, 5.41) is 10.4. The summed E-state index contributed by atoms with van der Waals surface area (Å²) in [6.45, 7) is 1.41. The number of hydrogen-bond acceptors (Lipinski definition) is 4. The lowest BCUT2D eigenvalue weighted by Gasteiger charge is -2.01. The maximum absolute atomic E-state index is 10.4. The van der Waals surface area contributed by atoms with Crippen LogP contribution in [0.2, 0.25) is 0 Å². The van der Waals surface area contributed by atoms with Gasteiger partial charge in [0.1, 0.15) is 0 Å². The Labute approximate surface area is 95.1 Å². The van der Waals surface area contributed by atoms with E-state index in [1.54, 1.807) is 12.1 Å². The van der Waals surface area contributed by atoms with E-state index in [2.05, 4.69) is 20.9 Å². The molecule has 1 heterocycles. The Kier molecular flexibility index (Phi) is 3.79. The number of halogens is 1. The van der Waals surface area contributed by atoms with Gasteiger partial charge in [0.15, 0.2) is 0 Å². The van der Waals surface area contributed by atoms with Crippen LogP contribution in [0.5, 0.6) is 5.88 Å². The zero-order chi connectivity index (χ0) is 11.4. The number of nitro groups is 1. The zero-order valence-corrected chi connectivity index (χ0v) is 9.82. The van der Waals surface area contributed by atoms with Gasteiger partial charge in [0.2, 0.25) is 11.6 Å². The lowest BCUT2D eigenvalue weighted by atomic mass is 10.3. The largest absolute Gasteiger partial charge is 0.481 e. The van der Waals surface area contributed by atoms with Crippen molar-refractivity contribution in [2.24, 2.45) is 0 Å². The van der Waals surface area contributed by atoms with E-state index in [1.807, 2.05) is 0 Å². The first-order chi connectivity index (χ1) is 7.04. The number of aromatic nitrogens is 1. The second-order valence-electron chi connectivity index (χ2n) is 2.76. The quantitative estimate of drug-likeness (QED) is 0.626. The Morgan fingerprint density at radius 1 is 1.67 bits per heavy atom. The van der Waals surface area contributed by atoms with Crippen LogP contribution in [0.25, 0.3) is 6.08 Å². The topological polar surface area (TPSA) is 65.3 Å². The van der Waals surface area contributed by atoms with Gasteiger partial charge in [0.25, 0.3) is 0 Å². The molecule has 0 N–H and O–H groups in total. The molecule has 0 aliphatic carbocycles. The fraction of sp³-hybridized carbons (Fsp3) is 0.222. The van der Waals surface area contributed by atoms with Crippen LogP contribution < -0.4 is 4.74 Å². The molecule has 0 amide bonds. The van der Waals surface area contributed by atoms with E-state index in [-0.39, 0.29) is 5.70 Å². The third-order valence-electron chi connectivity index (χ3n) is 1.69. The molecule has 15 heavy (non-hydrogen) atoms. The molecule has 0 radical (unpaired) electrons. The number of pyridine rings is 1. The van der Waals surface area contributed by atoms with Gasteiger partial charge in [-0.1, -0.05) is 0 Å². The van der Waals surface area contributed by atoms with Crippen LogP contribution >= 0.6 is 15.9 Å². The Hall–Kier alpha value is -1.43. The highest BCUT2D eigenvalue weighted by atomic mass is 79.9. The van der Waals surface area contributed by atoms with Crippen LogP contribution in [0.3, 0.4) is 0 Å². The molecule has 0 saturated heterocycles. The predicted molar refractivity (Wildman–Crippen MR) is 59.1 cm³/mol. The number of allylic oxidation sites excluding steroid dienone is 1. The third kappa shape index (κ3) is 3.02. The second kappa shape index (κ2) is 4.88. The Morgan fingerprint density at radius 2 is 2.33 bits per heavy atom. The van der Waals surface area contributed by atoms with Gasteiger partial charge in [0, 0.05) is 23.5 Å². The lowest BCUT2D eigenvalue weighted by Crippen LogP contribution is -1.95. The summed E-state index contributed by atoms with van der Waals surface area (Å²) >= 11 is 3.25. The average molecular weight is 273 g/mol. The molecule has 80 valence electrons. The molecule has 0 unspecified atom stereocenters. The van der Waals surface area contributed by atoms with Crippen molar-refractivity contribution in [1.82, 2.24) is 4.98 Å². The number of hydrogen-bond donors (Lipinski definition) is 0. The van der Waals surface area contributed by atoms with Crippen molar-refractivity contribution in [3.63, 3.8) is 0 Å². The van der Waals surface area contributed by atoms with Gasteiger partial charge in [0.05, 0.1) is 17.7 Å². The molecule has 1 rings (SSSR count). The smallest absolute Gasteiger partial charge is 0.245 e. The normalized spacial score (nSPS) is 11.3. The van der Waals surface area contributed by atoms with Crippen LogP contribution in [0, 0.1) is 10.1 Å². The summed E-state index contributed by atoms with van der Waals surface area (Å²) in [6, 6.07) is 3.40. The molecule has 0 bridgehead atoms. The summed E-state index contributed by atoms with van der Waals surface area (Å²) in [6.07, 6.45) is 1.38. The Morgan fingerprint density at radius 3 is 2.87 bits per heavy atom. The van der Waals surface area contributed by atoms with Crippen LogP contribution in [0.15, 0.2) is 22.3 Å². The molecule has 0 spiro atoms. The van der Waals surface area contributed by atoms with Crippen LogP contribution in [-0.2, 0) is 0 Å². The molecule has 0 fully saturated rings. The minimum absolute atomic E-state index is 0.0245. The van der Waals surface area contributed by atoms with E-state index < -0.39 is 4.92 Å². The monoisotopic (exact) mass is 272 g/mol. The van der Waals surface area contributed by atoms with Crippen LogP contribution in [-0.4, -0.2) is 17.0 Å². The fourth-order valence-corrected chi connectivity index (χ4v) is 1.24. The molecule has 5 nitrogen and oxygen atoms in total. The standard InChI is InChI=1S/C9H9BrN2O3/c1-6(12(13)14)5-8-7(10)3-4-9(11-8)15-2/h3-5H,1-2H3/b6-5-. The highest BCUT2D eigenvalue weighted by molar-refractivity contribution is 9.10. The van der Waals surface area contributed by atoms with Crippen molar-refractivity contribution in [3.8, 4) is 5.88 Å². The van der Waals surface area contributed by atoms with Gasteiger partial charge >= 0.3 is 0 Å². The molecule has 1 aromatic heterocycles. The van der Waals surface area contributed by atoms with Crippen molar-refractivity contribution >= 4 is 22.0 Å². The van der Waals surface area contributed by atoms with Crippen LogP contribution in [0.1, 0.15) is 12.6 Å². The van der Waals surface area contributed by atoms with Crippen molar-refractivity contribution in [2.45, 2.75) is 6.92 Å². The predicted octanol–water partition coefficient (Wildman–Crippen LogP) is 2.49. The van der Waals surface area contributed by atoms with Crippen LogP contribution in [0.4, 0.5) is 0 Å². The highest BCUT2D eigenvalue weighted by Gasteiger charge is 2.07. The van der Waals surface area contributed by atoms with Crippen molar-refractivity contribution in [2.75, 3.05) is 7.11 Å². The second-order valence-corrected chi connectivity index (χ2v) is 3.62. The minimum atomic E-state index is -0.465.